The van der Waals surface area contributed by atoms with E-state index in [1.807, 2.05) is 19.9 Å². The summed E-state index contributed by atoms with van der Waals surface area (Å²) in [5, 5.41) is 12.2. The van der Waals surface area contributed by atoms with Gasteiger partial charge >= 0.3 is 5.97 Å². The zero-order valence-corrected chi connectivity index (χ0v) is 14.4. The third kappa shape index (κ3) is 5.14. The Bertz CT molecular complexity index is 813. The molecule has 7 nitrogen and oxygen atoms in total. The molecule has 0 saturated heterocycles. The summed E-state index contributed by atoms with van der Waals surface area (Å²) in [6.45, 7) is 4.16. The molecule has 134 valence electrons. The topological polar surface area (TPSA) is 101 Å². The normalized spacial score (nSPS) is 12.3. The molecule has 25 heavy (non-hydrogen) atoms. The van der Waals surface area contributed by atoms with E-state index in [9.17, 15) is 14.4 Å². The molecule has 2 rings (SSSR count). The van der Waals surface area contributed by atoms with Gasteiger partial charge in [-0.2, -0.15) is 0 Å². The summed E-state index contributed by atoms with van der Waals surface area (Å²) < 4.78 is 1.47. The molecule has 2 N–H and O–H groups in total. The number of carboxylic acids is 1. The predicted octanol–water partition coefficient (Wildman–Crippen LogP) is 1.79. The maximum atomic E-state index is 12.3. The lowest BCUT2D eigenvalue weighted by molar-refractivity contribution is -0.142. The zero-order chi connectivity index (χ0) is 18.4. The lowest BCUT2D eigenvalue weighted by Gasteiger charge is -2.16. The standard InChI is InChI=1S/C18H23N3O4/c1-12(2)10-15(18(24)25)20-16(22)8-5-9-21-11-19-14-7-4-3-6-13(14)17(21)23/h3-4,6-7,11-12,15H,5,8-10H2,1-2H3,(H,20,22)(H,24,25). The number of fused-ring (bicyclic) bond motifs is 1. The van der Waals surface area contributed by atoms with E-state index in [0.29, 0.717) is 30.3 Å². The van der Waals surface area contributed by atoms with Gasteiger partial charge in [0.25, 0.3) is 5.56 Å². The molecule has 0 saturated carbocycles. The number of aryl methyl sites for hydroxylation is 1. The second kappa shape index (κ2) is 8.41. The molecule has 0 aliphatic heterocycles. The number of amides is 1. The lowest BCUT2D eigenvalue weighted by atomic mass is 10.0. The highest BCUT2D eigenvalue weighted by Gasteiger charge is 2.20. The highest BCUT2D eigenvalue weighted by molar-refractivity contribution is 5.83. The van der Waals surface area contributed by atoms with Gasteiger partial charge in [-0.1, -0.05) is 26.0 Å². The monoisotopic (exact) mass is 345 g/mol. The first kappa shape index (κ1) is 18.6. The van der Waals surface area contributed by atoms with Crippen LogP contribution in [0.15, 0.2) is 35.4 Å². The number of para-hydroxylation sites is 1. The Hall–Kier alpha value is -2.70. The summed E-state index contributed by atoms with van der Waals surface area (Å²) in [6, 6.07) is 6.22. The first-order valence-corrected chi connectivity index (χ1v) is 8.35. The molecule has 0 spiro atoms. The maximum absolute atomic E-state index is 12.3. The number of carbonyl (C=O) groups excluding carboxylic acids is 1. The number of hydrogen-bond acceptors (Lipinski definition) is 4. The number of carboxylic acid groups (broad SMARTS) is 1. The molecule has 1 aromatic heterocycles. The molecule has 0 bridgehead atoms. The minimum atomic E-state index is -1.03. The van der Waals surface area contributed by atoms with Crippen LogP contribution < -0.4 is 10.9 Å². The Morgan fingerprint density at radius 1 is 1.28 bits per heavy atom. The molecule has 0 radical (unpaired) electrons. The third-order valence-electron chi connectivity index (χ3n) is 3.87. The average molecular weight is 345 g/mol. The van der Waals surface area contributed by atoms with Crippen molar-refractivity contribution in [2.24, 2.45) is 5.92 Å². The summed E-state index contributed by atoms with van der Waals surface area (Å²) in [7, 11) is 0. The van der Waals surface area contributed by atoms with Gasteiger partial charge in [0, 0.05) is 13.0 Å². The van der Waals surface area contributed by atoms with Crippen molar-refractivity contribution in [3.05, 3.63) is 40.9 Å². The summed E-state index contributed by atoms with van der Waals surface area (Å²) in [5.74, 6) is -1.18. The molecule has 7 heteroatoms. The van der Waals surface area contributed by atoms with E-state index in [-0.39, 0.29) is 23.8 Å². The Kier molecular flexibility index (Phi) is 6.27. The molecule has 0 fully saturated rings. The molecule has 1 unspecified atom stereocenters. The van der Waals surface area contributed by atoms with Crippen LogP contribution in [0.3, 0.4) is 0 Å². The quantitative estimate of drug-likeness (QED) is 0.759. The fraction of sp³-hybridized carbons (Fsp3) is 0.444. The Morgan fingerprint density at radius 2 is 2.00 bits per heavy atom. The van der Waals surface area contributed by atoms with E-state index < -0.39 is 12.0 Å². The summed E-state index contributed by atoms with van der Waals surface area (Å²) >= 11 is 0. The minimum Gasteiger partial charge on any atom is -0.480 e. The number of nitrogens with zero attached hydrogens (tertiary/aromatic N) is 2. The van der Waals surface area contributed by atoms with Crippen LogP contribution in [0.25, 0.3) is 10.9 Å². The molecule has 1 aromatic carbocycles. The molecule has 1 amide bonds. The van der Waals surface area contributed by atoms with Crippen molar-refractivity contribution in [1.82, 2.24) is 14.9 Å². The number of nitrogens with one attached hydrogen (secondary N) is 1. The van der Waals surface area contributed by atoms with Gasteiger partial charge in [-0.25, -0.2) is 9.78 Å². The fourth-order valence-corrected chi connectivity index (χ4v) is 2.63. The fourth-order valence-electron chi connectivity index (χ4n) is 2.63. The van der Waals surface area contributed by atoms with E-state index in [2.05, 4.69) is 10.3 Å². The van der Waals surface area contributed by atoms with Gasteiger partial charge in [-0.05, 0) is 30.9 Å². The van der Waals surface area contributed by atoms with Crippen molar-refractivity contribution in [3.63, 3.8) is 0 Å². The summed E-state index contributed by atoms with van der Waals surface area (Å²) in [4.78, 5) is 39.7. The van der Waals surface area contributed by atoms with Crippen molar-refractivity contribution in [3.8, 4) is 0 Å². The van der Waals surface area contributed by atoms with Gasteiger partial charge in [0.1, 0.15) is 6.04 Å². The van der Waals surface area contributed by atoms with Crippen LogP contribution in [0.4, 0.5) is 0 Å². The molecule has 0 aliphatic rings. The highest BCUT2D eigenvalue weighted by atomic mass is 16.4. The van der Waals surface area contributed by atoms with Crippen LogP contribution in [0, 0.1) is 5.92 Å². The SMILES string of the molecule is CC(C)CC(NC(=O)CCCn1cnc2ccccc2c1=O)C(=O)O. The molecule has 1 atom stereocenters. The minimum absolute atomic E-state index is 0.144. The first-order chi connectivity index (χ1) is 11.9. The van der Waals surface area contributed by atoms with E-state index in [0.717, 1.165) is 0 Å². The number of benzene rings is 1. The van der Waals surface area contributed by atoms with Gasteiger partial charge in [-0.3, -0.25) is 14.2 Å². The number of hydrogen-bond donors (Lipinski definition) is 2. The highest BCUT2D eigenvalue weighted by Crippen LogP contribution is 2.07. The van der Waals surface area contributed by atoms with E-state index >= 15 is 0 Å². The summed E-state index contributed by atoms with van der Waals surface area (Å²) in [5.41, 5.74) is 0.494. The lowest BCUT2D eigenvalue weighted by Crippen LogP contribution is -2.41. The van der Waals surface area contributed by atoms with E-state index in [1.54, 1.807) is 18.2 Å². The van der Waals surface area contributed by atoms with Crippen molar-refractivity contribution in [2.45, 2.75) is 45.7 Å². The van der Waals surface area contributed by atoms with Crippen molar-refractivity contribution >= 4 is 22.8 Å². The largest absolute Gasteiger partial charge is 0.480 e. The van der Waals surface area contributed by atoms with Crippen LogP contribution in [0.2, 0.25) is 0 Å². The Labute approximate surface area is 145 Å². The smallest absolute Gasteiger partial charge is 0.326 e. The van der Waals surface area contributed by atoms with E-state index in [1.165, 1.54) is 10.9 Å². The molecular weight excluding hydrogens is 322 g/mol. The van der Waals surface area contributed by atoms with Crippen molar-refractivity contribution in [1.29, 1.82) is 0 Å². The van der Waals surface area contributed by atoms with Crippen molar-refractivity contribution < 1.29 is 14.7 Å². The number of aromatic nitrogens is 2. The van der Waals surface area contributed by atoms with E-state index in [4.69, 9.17) is 5.11 Å². The first-order valence-electron chi connectivity index (χ1n) is 8.35. The summed E-state index contributed by atoms with van der Waals surface area (Å²) in [6.07, 6.45) is 2.44. The molecule has 2 aromatic rings. The maximum Gasteiger partial charge on any atom is 0.326 e. The third-order valence-corrected chi connectivity index (χ3v) is 3.87. The number of rotatable bonds is 8. The second-order valence-electron chi connectivity index (χ2n) is 6.45. The van der Waals surface area contributed by atoms with Crippen LogP contribution in [-0.4, -0.2) is 32.6 Å². The van der Waals surface area contributed by atoms with Crippen LogP contribution in [0.1, 0.15) is 33.1 Å². The molecular formula is C18H23N3O4. The number of carbonyl (C=O) groups is 2. The molecule has 0 aliphatic carbocycles. The van der Waals surface area contributed by atoms with Gasteiger partial charge in [0.2, 0.25) is 5.91 Å². The van der Waals surface area contributed by atoms with Crippen LogP contribution in [-0.2, 0) is 16.1 Å². The Balaban J connectivity index is 1.92. The second-order valence-corrected chi connectivity index (χ2v) is 6.45. The Morgan fingerprint density at radius 3 is 2.68 bits per heavy atom. The van der Waals surface area contributed by atoms with Gasteiger partial charge in [0.15, 0.2) is 0 Å². The van der Waals surface area contributed by atoms with Crippen LogP contribution in [0.5, 0.6) is 0 Å². The molecule has 1 heterocycles. The number of aliphatic carboxylic acids is 1. The van der Waals surface area contributed by atoms with Gasteiger partial charge < -0.3 is 10.4 Å². The predicted molar refractivity (Wildman–Crippen MR) is 94.3 cm³/mol. The van der Waals surface area contributed by atoms with Crippen molar-refractivity contribution in [2.75, 3.05) is 0 Å². The average Bonchev–Trinajstić information content (AvgIpc) is 2.56. The van der Waals surface area contributed by atoms with Gasteiger partial charge in [-0.15, -0.1) is 0 Å². The van der Waals surface area contributed by atoms with Crippen LogP contribution >= 0.6 is 0 Å². The van der Waals surface area contributed by atoms with Gasteiger partial charge in [0.05, 0.1) is 17.2 Å². The zero-order valence-electron chi connectivity index (χ0n) is 14.4.